The summed E-state index contributed by atoms with van der Waals surface area (Å²) in [6.45, 7) is 6.51. The van der Waals surface area contributed by atoms with Gasteiger partial charge in [-0.2, -0.15) is 0 Å². The normalized spacial score (nSPS) is 15.5. The van der Waals surface area contributed by atoms with Gasteiger partial charge in [0.2, 0.25) is 0 Å². The van der Waals surface area contributed by atoms with Crippen LogP contribution in [-0.2, 0) is 19.1 Å². The number of allylic oxidation sites excluding steroid dienone is 1. The fraction of sp³-hybridized carbons (Fsp3) is 0.304. The van der Waals surface area contributed by atoms with Gasteiger partial charge >= 0.3 is 5.97 Å². The molecular formula is C23H25BrN2O4. The molecule has 0 aliphatic carbocycles. The van der Waals surface area contributed by atoms with Crippen LogP contribution in [0.25, 0.3) is 11.8 Å². The lowest BCUT2D eigenvalue weighted by atomic mass is 10.0. The number of hydrogen-bond donors (Lipinski definition) is 0. The van der Waals surface area contributed by atoms with Crippen LogP contribution >= 0.6 is 15.9 Å². The van der Waals surface area contributed by atoms with Gasteiger partial charge in [-0.3, -0.25) is 4.79 Å². The number of methoxy groups -OCH3 is 2. The van der Waals surface area contributed by atoms with Crippen LogP contribution in [-0.4, -0.2) is 48.7 Å². The summed E-state index contributed by atoms with van der Waals surface area (Å²) in [7, 11) is 2.90. The van der Waals surface area contributed by atoms with Gasteiger partial charge in [-0.25, -0.2) is 4.79 Å². The van der Waals surface area contributed by atoms with Crippen LogP contribution in [0.2, 0.25) is 0 Å². The number of hydrogen-bond acceptors (Lipinski definition) is 4. The Balaban J connectivity index is 2.10. The van der Waals surface area contributed by atoms with Crippen molar-refractivity contribution in [1.29, 1.82) is 0 Å². The third-order valence-electron chi connectivity index (χ3n) is 5.26. The van der Waals surface area contributed by atoms with E-state index in [-0.39, 0.29) is 5.91 Å². The second-order valence-corrected chi connectivity index (χ2v) is 8.02. The average molecular weight is 473 g/mol. The van der Waals surface area contributed by atoms with E-state index in [2.05, 4.69) is 20.5 Å². The molecule has 1 aromatic carbocycles. The minimum absolute atomic E-state index is 0.225. The van der Waals surface area contributed by atoms with E-state index in [4.69, 9.17) is 9.47 Å². The van der Waals surface area contributed by atoms with Crippen molar-refractivity contribution < 1.29 is 19.1 Å². The molecule has 2 aromatic rings. The number of benzene rings is 1. The zero-order chi connectivity index (χ0) is 22.0. The molecule has 0 fully saturated rings. The van der Waals surface area contributed by atoms with Crippen LogP contribution in [0.3, 0.4) is 0 Å². The molecule has 30 heavy (non-hydrogen) atoms. The SMILES string of the molecule is COCCN1C(=O)/C(=C\c2cc(C)n(-c3cccc(Br)c3)c2C)C(C(=O)OC)=C1C. The molecule has 1 aliphatic rings. The number of carbonyl (C=O) groups excluding carboxylic acids is 2. The van der Waals surface area contributed by atoms with Gasteiger partial charge in [0, 0.05) is 40.9 Å². The zero-order valence-electron chi connectivity index (χ0n) is 17.8. The number of esters is 1. The summed E-state index contributed by atoms with van der Waals surface area (Å²) in [4.78, 5) is 27.1. The van der Waals surface area contributed by atoms with E-state index < -0.39 is 5.97 Å². The number of rotatable bonds is 6. The molecule has 158 valence electrons. The molecule has 0 bridgehead atoms. The van der Waals surface area contributed by atoms with Crippen molar-refractivity contribution in [1.82, 2.24) is 9.47 Å². The standard InChI is InChI=1S/C23H25BrN2O4/c1-14-11-17(15(2)26(14)19-8-6-7-18(24)13-19)12-20-21(23(28)30-5)16(3)25(22(20)27)9-10-29-4/h6-8,11-13H,9-10H2,1-5H3/b20-12-. The van der Waals surface area contributed by atoms with Crippen LogP contribution < -0.4 is 0 Å². The lowest BCUT2D eigenvalue weighted by molar-refractivity contribution is -0.136. The summed E-state index contributed by atoms with van der Waals surface area (Å²) in [5, 5.41) is 0. The van der Waals surface area contributed by atoms with Crippen LogP contribution in [0.4, 0.5) is 0 Å². The first kappa shape index (κ1) is 22.1. The number of halogens is 1. The Labute approximate surface area is 184 Å². The third-order valence-corrected chi connectivity index (χ3v) is 5.75. The quantitative estimate of drug-likeness (QED) is 0.467. The van der Waals surface area contributed by atoms with Gasteiger partial charge < -0.3 is 18.9 Å². The van der Waals surface area contributed by atoms with Crippen LogP contribution in [0.1, 0.15) is 23.9 Å². The minimum atomic E-state index is -0.521. The van der Waals surface area contributed by atoms with Crippen LogP contribution in [0.15, 0.2) is 51.6 Å². The summed E-state index contributed by atoms with van der Waals surface area (Å²) in [6.07, 6.45) is 1.78. The van der Waals surface area contributed by atoms with E-state index in [0.29, 0.717) is 30.0 Å². The number of ether oxygens (including phenoxy) is 2. The van der Waals surface area contributed by atoms with Gasteiger partial charge in [0.15, 0.2) is 0 Å². The van der Waals surface area contributed by atoms with Crippen molar-refractivity contribution >= 4 is 33.9 Å². The van der Waals surface area contributed by atoms with Crippen LogP contribution in [0.5, 0.6) is 0 Å². The van der Waals surface area contributed by atoms with Gasteiger partial charge in [0.05, 0.1) is 24.9 Å². The molecule has 3 rings (SSSR count). The molecule has 0 unspecified atom stereocenters. The highest BCUT2D eigenvalue weighted by atomic mass is 79.9. The van der Waals surface area contributed by atoms with E-state index in [1.54, 1.807) is 25.0 Å². The number of nitrogens with zero attached hydrogens (tertiary/aromatic N) is 2. The largest absolute Gasteiger partial charge is 0.465 e. The first-order chi connectivity index (χ1) is 14.3. The zero-order valence-corrected chi connectivity index (χ0v) is 19.4. The summed E-state index contributed by atoms with van der Waals surface area (Å²) >= 11 is 3.52. The first-order valence-electron chi connectivity index (χ1n) is 9.57. The average Bonchev–Trinajstić information content (AvgIpc) is 3.12. The maximum atomic E-state index is 13.1. The Morgan fingerprint density at radius 2 is 1.90 bits per heavy atom. The molecule has 0 radical (unpaired) electrons. The van der Waals surface area contributed by atoms with Crippen molar-refractivity contribution in [3.63, 3.8) is 0 Å². The molecule has 1 aromatic heterocycles. The van der Waals surface area contributed by atoms with Crippen LogP contribution in [0, 0.1) is 13.8 Å². The highest BCUT2D eigenvalue weighted by Crippen LogP contribution is 2.33. The van der Waals surface area contributed by atoms with E-state index >= 15 is 0 Å². The molecule has 0 saturated heterocycles. The smallest absolute Gasteiger partial charge is 0.340 e. The molecule has 1 amide bonds. The number of aromatic nitrogens is 1. The van der Waals surface area contributed by atoms with Crippen molar-refractivity contribution in [3.05, 3.63) is 68.6 Å². The van der Waals surface area contributed by atoms with Gasteiger partial charge in [-0.15, -0.1) is 0 Å². The van der Waals surface area contributed by atoms with E-state index in [1.165, 1.54) is 7.11 Å². The summed E-state index contributed by atoms with van der Waals surface area (Å²) in [5.74, 6) is -0.745. The van der Waals surface area contributed by atoms with Crippen molar-refractivity contribution in [2.75, 3.05) is 27.4 Å². The summed E-state index contributed by atoms with van der Waals surface area (Å²) in [5.41, 5.74) is 5.11. The summed E-state index contributed by atoms with van der Waals surface area (Å²) in [6, 6.07) is 10.0. The van der Waals surface area contributed by atoms with Crippen molar-refractivity contribution in [3.8, 4) is 5.69 Å². The Hall–Kier alpha value is -2.64. The van der Waals surface area contributed by atoms with E-state index in [9.17, 15) is 9.59 Å². The predicted molar refractivity (Wildman–Crippen MR) is 119 cm³/mol. The lowest BCUT2D eigenvalue weighted by Crippen LogP contribution is -2.28. The number of amides is 1. The first-order valence-corrected chi connectivity index (χ1v) is 10.4. The molecule has 1 aliphatic heterocycles. The van der Waals surface area contributed by atoms with Gasteiger partial charge in [0.25, 0.3) is 5.91 Å². The Morgan fingerprint density at radius 3 is 2.53 bits per heavy atom. The molecule has 6 nitrogen and oxygen atoms in total. The Morgan fingerprint density at radius 1 is 1.17 bits per heavy atom. The maximum absolute atomic E-state index is 13.1. The predicted octanol–water partition coefficient (Wildman–Crippen LogP) is 4.18. The lowest BCUT2D eigenvalue weighted by Gasteiger charge is -2.16. The topological polar surface area (TPSA) is 60.8 Å². The molecule has 7 heteroatoms. The monoisotopic (exact) mass is 472 g/mol. The third kappa shape index (κ3) is 4.00. The van der Waals surface area contributed by atoms with Gasteiger partial charge in [-0.05, 0) is 56.7 Å². The molecule has 2 heterocycles. The van der Waals surface area contributed by atoms with Crippen molar-refractivity contribution in [2.24, 2.45) is 0 Å². The molecule has 0 spiro atoms. The minimum Gasteiger partial charge on any atom is -0.465 e. The highest BCUT2D eigenvalue weighted by Gasteiger charge is 2.37. The summed E-state index contributed by atoms with van der Waals surface area (Å²) < 4.78 is 13.2. The molecule has 0 saturated carbocycles. The van der Waals surface area contributed by atoms with Gasteiger partial charge in [-0.1, -0.05) is 22.0 Å². The van der Waals surface area contributed by atoms with E-state index in [1.807, 2.05) is 44.2 Å². The second kappa shape index (κ2) is 9.02. The highest BCUT2D eigenvalue weighted by molar-refractivity contribution is 9.10. The maximum Gasteiger partial charge on any atom is 0.340 e. The molecule has 0 N–H and O–H groups in total. The van der Waals surface area contributed by atoms with Crippen molar-refractivity contribution in [2.45, 2.75) is 20.8 Å². The fourth-order valence-corrected chi connectivity index (χ4v) is 4.17. The molecule has 0 atom stereocenters. The number of aryl methyl sites for hydroxylation is 1. The molecular weight excluding hydrogens is 448 g/mol. The van der Waals surface area contributed by atoms with Gasteiger partial charge in [0.1, 0.15) is 0 Å². The Kier molecular flexibility index (Phi) is 6.63. The second-order valence-electron chi connectivity index (χ2n) is 7.10. The van der Waals surface area contributed by atoms with E-state index in [0.717, 1.165) is 27.1 Å². The fourth-order valence-electron chi connectivity index (χ4n) is 3.78. The Bertz CT molecular complexity index is 1070. The number of carbonyl (C=O) groups is 2.